The second kappa shape index (κ2) is 13.5. The molecule has 0 saturated heterocycles. The van der Waals surface area contributed by atoms with Crippen molar-refractivity contribution < 1.29 is 34.2 Å². The molecule has 31 heavy (non-hydrogen) atoms. The number of carboxylic acids is 1. The fourth-order valence-electron chi connectivity index (χ4n) is 2.62. The number of carbonyl (C=O) groups is 5. The highest BCUT2D eigenvalue weighted by molar-refractivity contribution is 5.94. The Kier molecular flexibility index (Phi) is 12.4. The van der Waals surface area contributed by atoms with Gasteiger partial charge in [0.15, 0.2) is 0 Å². The molecule has 0 aromatic carbocycles. The quantitative estimate of drug-likeness (QED) is 0.155. The molecule has 0 aromatic heterocycles. The molecule has 0 aliphatic rings. The first-order chi connectivity index (χ1) is 14.3. The number of carbonyl (C=O) groups excluding carboxylic acids is 4. The van der Waals surface area contributed by atoms with Gasteiger partial charge in [-0.25, -0.2) is 4.79 Å². The minimum Gasteiger partial charge on any atom is -0.480 e. The van der Waals surface area contributed by atoms with Crippen molar-refractivity contribution in [3.63, 3.8) is 0 Å². The maximum absolute atomic E-state index is 12.6. The van der Waals surface area contributed by atoms with Crippen LogP contribution in [0, 0.1) is 11.8 Å². The van der Waals surface area contributed by atoms with Gasteiger partial charge in [0, 0.05) is 6.42 Å². The standard InChI is InChI=1S/C19H35N5O7/c1-5-10(4)15(19(30)31)24-18(29)14(9(2)3)23-17(28)12(8-25)22-16(27)11(20)6-7-13(21)26/h9-12,14-15,25H,5-8,20H2,1-4H3,(H2,21,26)(H,22,27)(H,23,28)(H,24,29)(H,30,31). The minimum atomic E-state index is -1.40. The highest BCUT2D eigenvalue weighted by Crippen LogP contribution is 2.10. The van der Waals surface area contributed by atoms with Crippen LogP contribution in [-0.4, -0.2) is 70.6 Å². The van der Waals surface area contributed by atoms with Gasteiger partial charge in [0.2, 0.25) is 23.6 Å². The maximum atomic E-state index is 12.6. The Balaban J connectivity index is 5.18. The monoisotopic (exact) mass is 445 g/mol. The van der Waals surface area contributed by atoms with Crippen molar-refractivity contribution in [2.24, 2.45) is 23.3 Å². The van der Waals surface area contributed by atoms with Gasteiger partial charge in [0.05, 0.1) is 12.6 Å². The Morgan fingerprint density at radius 3 is 1.87 bits per heavy atom. The first-order valence-corrected chi connectivity index (χ1v) is 10.1. The molecule has 4 amide bonds. The van der Waals surface area contributed by atoms with Gasteiger partial charge in [0.25, 0.3) is 0 Å². The van der Waals surface area contributed by atoms with Crippen LogP contribution in [0.15, 0.2) is 0 Å². The third kappa shape index (κ3) is 9.75. The zero-order valence-corrected chi connectivity index (χ0v) is 18.4. The van der Waals surface area contributed by atoms with Crippen LogP contribution >= 0.6 is 0 Å². The van der Waals surface area contributed by atoms with Crippen LogP contribution in [0.3, 0.4) is 0 Å². The first-order valence-electron chi connectivity index (χ1n) is 10.1. The summed E-state index contributed by atoms with van der Waals surface area (Å²) in [7, 11) is 0. The number of aliphatic hydroxyl groups is 1. The van der Waals surface area contributed by atoms with Crippen molar-refractivity contribution in [2.45, 2.75) is 71.1 Å². The number of carboxylic acid groups (broad SMARTS) is 1. The Bertz CT molecular complexity index is 656. The lowest BCUT2D eigenvalue weighted by Gasteiger charge is -2.27. The molecular weight excluding hydrogens is 410 g/mol. The number of rotatable bonds is 14. The minimum absolute atomic E-state index is 0.0376. The number of aliphatic carboxylic acids is 1. The molecule has 0 rings (SSSR count). The van der Waals surface area contributed by atoms with Crippen molar-refractivity contribution in [2.75, 3.05) is 6.61 Å². The summed E-state index contributed by atoms with van der Waals surface area (Å²) in [5.41, 5.74) is 10.6. The van der Waals surface area contributed by atoms with Gasteiger partial charge in [-0.05, 0) is 18.3 Å². The fourth-order valence-corrected chi connectivity index (χ4v) is 2.62. The first kappa shape index (κ1) is 28.3. The lowest BCUT2D eigenvalue weighted by Crippen LogP contribution is -2.59. The zero-order valence-electron chi connectivity index (χ0n) is 18.4. The SMILES string of the molecule is CCC(C)C(NC(=O)C(NC(=O)C(CO)NC(=O)C(N)CCC(N)=O)C(C)C)C(=O)O. The third-order valence-electron chi connectivity index (χ3n) is 4.88. The van der Waals surface area contributed by atoms with Gasteiger partial charge in [-0.3, -0.25) is 19.2 Å². The van der Waals surface area contributed by atoms with Gasteiger partial charge in [-0.2, -0.15) is 0 Å². The molecule has 9 N–H and O–H groups in total. The van der Waals surface area contributed by atoms with Crippen molar-refractivity contribution >= 4 is 29.6 Å². The molecule has 0 aliphatic heterocycles. The Hall–Kier alpha value is -2.73. The van der Waals surface area contributed by atoms with Crippen LogP contribution in [0.4, 0.5) is 0 Å². The van der Waals surface area contributed by atoms with E-state index in [1.54, 1.807) is 27.7 Å². The number of aliphatic hydroxyl groups excluding tert-OH is 1. The van der Waals surface area contributed by atoms with Crippen LogP contribution in [0.25, 0.3) is 0 Å². The van der Waals surface area contributed by atoms with E-state index in [-0.39, 0.29) is 18.8 Å². The molecule has 0 aromatic rings. The van der Waals surface area contributed by atoms with Crippen LogP contribution < -0.4 is 27.4 Å². The average molecular weight is 446 g/mol. The molecule has 0 bridgehead atoms. The van der Waals surface area contributed by atoms with Crippen LogP contribution in [0.5, 0.6) is 0 Å². The predicted molar refractivity (Wildman–Crippen MR) is 111 cm³/mol. The number of hydrogen-bond donors (Lipinski definition) is 7. The van der Waals surface area contributed by atoms with E-state index >= 15 is 0 Å². The number of amides is 4. The highest BCUT2D eigenvalue weighted by atomic mass is 16.4. The van der Waals surface area contributed by atoms with E-state index in [0.29, 0.717) is 6.42 Å². The molecular formula is C19H35N5O7. The van der Waals surface area contributed by atoms with Crippen molar-refractivity contribution in [1.29, 1.82) is 0 Å². The van der Waals surface area contributed by atoms with E-state index in [1.165, 1.54) is 0 Å². The summed E-state index contributed by atoms with van der Waals surface area (Å²) >= 11 is 0. The zero-order chi connectivity index (χ0) is 24.3. The van der Waals surface area contributed by atoms with Crippen LogP contribution in [0.2, 0.25) is 0 Å². The lowest BCUT2D eigenvalue weighted by molar-refractivity contribution is -0.144. The fraction of sp³-hybridized carbons (Fsp3) is 0.737. The molecule has 178 valence electrons. The topological polar surface area (TPSA) is 214 Å². The van der Waals surface area contributed by atoms with E-state index in [0.717, 1.165) is 0 Å². The highest BCUT2D eigenvalue weighted by Gasteiger charge is 2.33. The number of nitrogens with two attached hydrogens (primary N) is 2. The van der Waals surface area contributed by atoms with Gasteiger partial charge < -0.3 is 37.6 Å². The molecule has 0 saturated carbocycles. The van der Waals surface area contributed by atoms with Crippen molar-refractivity contribution in [3.8, 4) is 0 Å². The average Bonchev–Trinajstić information content (AvgIpc) is 2.70. The van der Waals surface area contributed by atoms with E-state index in [9.17, 15) is 34.2 Å². The summed E-state index contributed by atoms with van der Waals surface area (Å²) in [6.45, 7) is 6.00. The largest absolute Gasteiger partial charge is 0.480 e. The van der Waals surface area contributed by atoms with Crippen molar-refractivity contribution in [3.05, 3.63) is 0 Å². The predicted octanol–water partition coefficient (Wildman–Crippen LogP) is -2.19. The van der Waals surface area contributed by atoms with Crippen LogP contribution in [0.1, 0.15) is 47.0 Å². The molecule has 0 spiro atoms. The second-order valence-electron chi connectivity index (χ2n) is 7.80. The number of primary amides is 1. The van der Waals surface area contributed by atoms with E-state index in [1.807, 2.05) is 0 Å². The van der Waals surface area contributed by atoms with E-state index in [4.69, 9.17) is 11.5 Å². The molecule has 0 radical (unpaired) electrons. The lowest BCUT2D eigenvalue weighted by atomic mass is 9.97. The smallest absolute Gasteiger partial charge is 0.326 e. The van der Waals surface area contributed by atoms with Crippen molar-refractivity contribution in [1.82, 2.24) is 16.0 Å². The normalized spacial score (nSPS) is 15.8. The number of nitrogens with one attached hydrogen (secondary N) is 3. The van der Waals surface area contributed by atoms with E-state index < -0.39 is 66.3 Å². The van der Waals surface area contributed by atoms with Gasteiger partial charge >= 0.3 is 5.97 Å². The molecule has 0 heterocycles. The Labute approximate surface area is 181 Å². The summed E-state index contributed by atoms with van der Waals surface area (Å²) in [6.07, 6.45) is 0.357. The molecule has 0 aliphatic carbocycles. The molecule has 12 nitrogen and oxygen atoms in total. The molecule has 5 unspecified atom stereocenters. The maximum Gasteiger partial charge on any atom is 0.326 e. The van der Waals surface area contributed by atoms with E-state index in [2.05, 4.69) is 16.0 Å². The molecule has 5 atom stereocenters. The molecule has 0 fully saturated rings. The summed E-state index contributed by atoms with van der Waals surface area (Å²) in [4.78, 5) is 59.5. The summed E-state index contributed by atoms with van der Waals surface area (Å²) < 4.78 is 0. The Morgan fingerprint density at radius 1 is 0.903 bits per heavy atom. The van der Waals surface area contributed by atoms with Gasteiger partial charge in [0.1, 0.15) is 18.1 Å². The third-order valence-corrected chi connectivity index (χ3v) is 4.88. The number of hydrogen-bond acceptors (Lipinski definition) is 7. The van der Waals surface area contributed by atoms with Gasteiger partial charge in [-0.15, -0.1) is 0 Å². The summed E-state index contributed by atoms with van der Waals surface area (Å²) in [5, 5.41) is 26.0. The Morgan fingerprint density at radius 2 is 1.45 bits per heavy atom. The molecule has 12 heteroatoms. The summed E-state index contributed by atoms with van der Waals surface area (Å²) in [5.74, 6) is -4.90. The summed E-state index contributed by atoms with van der Waals surface area (Å²) in [6, 6.07) is -4.75. The second-order valence-corrected chi connectivity index (χ2v) is 7.80. The van der Waals surface area contributed by atoms with Gasteiger partial charge in [-0.1, -0.05) is 34.1 Å². The van der Waals surface area contributed by atoms with Crippen LogP contribution in [-0.2, 0) is 24.0 Å².